The van der Waals surface area contributed by atoms with Gasteiger partial charge in [-0.3, -0.25) is 4.79 Å². The molecule has 0 spiro atoms. The quantitative estimate of drug-likeness (QED) is 0.493. The molecular formula is C24H37NO4. The molecule has 1 saturated heterocycles. The fourth-order valence-electron chi connectivity index (χ4n) is 4.06. The normalized spacial score (nSPS) is 19.7. The molecule has 1 aromatic rings. The van der Waals surface area contributed by atoms with Gasteiger partial charge in [-0.05, 0) is 31.7 Å². The van der Waals surface area contributed by atoms with E-state index in [1.54, 1.807) is 0 Å². The Labute approximate surface area is 175 Å². The first-order valence-corrected chi connectivity index (χ1v) is 11.2. The van der Waals surface area contributed by atoms with Crippen LogP contribution in [0, 0.1) is 5.41 Å². The lowest BCUT2D eigenvalue weighted by molar-refractivity contribution is -0.147. The van der Waals surface area contributed by atoms with Crippen molar-refractivity contribution in [2.24, 2.45) is 5.41 Å². The Kier molecular flexibility index (Phi) is 9.15. The fraction of sp³-hybridized carbons (Fsp3) is 0.667. The Bertz CT molecular complexity index is 648. The molecule has 0 bridgehead atoms. The molecule has 5 heteroatoms. The fourth-order valence-corrected chi connectivity index (χ4v) is 4.06. The maximum absolute atomic E-state index is 13.6. The molecule has 1 aliphatic heterocycles. The molecule has 0 aliphatic carbocycles. The lowest BCUT2D eigenvalue weighted by Crippen LogP contribution is -2.52. The summed E-state index contributed by atoms with van der Waals surface area (Å²) in [6.07, 6.45) is 6.33. The van der Waals surface area contributed by atoms with Crippen LogP contribution in [0.2, 0.25) is 0 Å². The number of unbranched alkanes of at least 4 members (excludes halogenated alkanes) is 4. The Morgan fingerprint density at radius 3 is 2.52 bits per heavy atom. The van der Waals surface area contributed by atoms with Crippen molar-refractivity contribution < 1.29 is 19.4 Å². The number of benzene rings is 1. The van der Waals surface area contributed by atoms with Gasteiger partial charge >= 0.3 is 6.09 Å². The first kappa shape index (κ1) is 23.4. The smallest absolute Gasteiger partial charge is 0.417 e. The Balaban J connectivity index is 2.17. The number of cyclic esters (lactones) is 1. The van der Waals surface area contributed by atoms with Crippen LogP contribution < -0.4 is 0 Å². The third-order valence-electron chi connectivity index (χ3n) is 6.10. The van der Waals surface area contributed by atoms with Crippen LogP contribution in [0.4, 0.5) is 4.79 Å². The Morgan fingerprint density at radius 1 is 1.17 bits per heavy atom. The Morgan fingerprint density at radius 2 is 1.86 bits per heavy atom. The summed E-state index contributed by atoms with van der Waals surface area (Å²) >= 11 is 0. The summed E-state index contributed by atoms with van der Waals surface area (Å²) in [7, 11) is 0. The van der Waals surface area contributed by atoms with E-state index in [1.165, 1.54) is 4.90 Å². The molecule has 1 aromatic carbocycles. The number of aliphatic hydroxyl groups excluding tert-OH is 1. The second-order valence-corrected chi connectivity index (χ2v) is 8.48. The highest BCUT2D eigenvalue weighted by Gasteiger charge is 2.48. The number of carbonyl (C=O) groups is 2. The zero-order valence-electron chi connectivity index (χ0n) is 18.2. The zero-order valence-corrected chi connectivity index (χ0v) is 18.2. The summed E-state index contributed by atoms with van der Waals surface area (Å²) < 4.78 is 5.25. The minimum atomic E-state index is -0.972. The molecule has 5 nitrogen and oxygen atoms in total. The van der Waals surface area contributed by atoms with Crippen molar-refractivity contribution in [1.82, 2.24) is 4.90 Å². The number of hydrogen-bond donors (Lipinski definition) is 1. The maximum atomic E-state index is 13.6. The second-order valence-electron chi connectivity index (χ2n) is 8.48. The van der Waals surface area contributed by atoms with E-state index in [2.05, 4.69) is 13.8 Å². The maximum Gasteiger partial charge on any atom is 0.417 e. The van der Waals surface area contributed by atoms with Crippen molar-refractivity contribution in [2.45, 2.75) is 90.7 Å². The van der Waals surface area contributed by atoms with E-state index >= 15 is 0 Å². The zero-order chi connectivity index (χ0) is 21.3. The third kappa shape index (κ3) is 6.05. The van der Waals surface area contributed by atoms with Gasteiger partial charge in [-0.15, -0.1) is 0 Å². The predicted molar refractivity (Wildman–Crippen MR) is 115 cm³/mol. The molecular weight excluding hydrogens is 366 g/mol. The van der Waals surface area contributed by atoms with Gasteiger partial charge in [-0.1, -0.05) is 82.7 Å². The van der Waals surface area contributed by atoms with Gasteiger partial charge in [-0.25, -0.2) is 9.69 Å². The van der Waals surface area contributed by atoms with Gasteiger partial charge in [0.25, 0.3) is 0 Å². The molecule has 2 amide bonds. The number of aliphatic hydroxyl groups is 1. The molecule has 0 aromatic heterocycles. The molecule has 3 atom stereocenters. The lowest BCUT2D eigenvalue weighted by Gasteiger charge is -2.37. The van der Waals surface area contributed by atoms with Gasteiger partial charge in [0, 0.05) is 0 Å². The van der Waals surface area contributed by atoms with Gasteiger partial charge in [0.15, 0.2) is 0 Å². The van der Waals surface area contributed by atoms with Crippen LogP contribution in [0.5, 0.6) is 0 Å². The van der Waals surface area contributed by atoms with Crippen molar-refractivity contribution >= 4 is 12.0 Å². The van der Waals surface area contributed by atoms with Crippen LogP contribution in [0.15, 0.2) is 30.3 Å². The average molecular weight is 404 g/mol. The lowest BCUT2D eigenvalue weighted by atomic mass is 9.76. The SMILES string of the molecule is CCCCCC[C@H](O)[C@](C)(CCCC)C(=O)N1C(=O)OC[C@@H]1Cc1ccccc1. The monoisotopic (exact) mass is 403 g/mol. The van der Waals surface area contributed by atoms with Crippen molar-refractivity contribution in [3.63, 3.8) is 0 Å². The van der Waals surface area contributed by atoms with E-state index in [9.17, 15) is 14.7 Å². The number of imide groups is 1. The van der Waals surface area contributed by atoms with Crippen molar-refractivity contribution in [2.75, 3.05) is 6.61 Å². The van der Waals surface area contributed by atoms with Gasteiger partial charge < -0.3 is 9.84 Å². The molecule has 1 N–H and O–H groups in total. The van der Waals surface area contributed by atoms with Crippen LogP contribution in [0.3, 0.4) is 0 Å². The van der Waals surface area contributed by atoms with E-state index in [4.69, 9.17) is 4.74 Å². The highest BCUT2D eigenvalue weighted by Crippen LogP contribution is 2.36. The molecule has 0 radical (unpaired) electrons. The first-order chi connectivity index (χ1) is 13.9. The van der Waals surface area contributed by atoms with Crippen LogP contribution in [-0.2, 0) is 16.0 Å². The number of amides is 2. The van der Waals surface area contributed by atoms with E-state index in [-0.39, 0.29) is 18.6 Å². The molecule has 0 unspecified atom stereocenters. The molecule has 162 valence electrons. The summed E-state index contributed by atoms with van der Waals surface area (Å²) in [5.41, 5.74) is 0.0875. The number of carbonyl (C=O) groups excluding carboxylic acids is 2. The standard InChI is InChI=1S/C24H37NO4/c1-4-6-8-12-15-21(26)24(3,16-7-5-2)22(27)25-20(18-29-23(25)28)17-19-13-10-9-11-14-19/h9-11,13-14,20-21,26H,4-8,12,15-18H2,1-3H3/t20-,21-,24-/m0/s1. The topological polar surface area (TPSA) is 66.8 Å². The highest BCUT2D eigenvalue weighted by atomic mass is 16.6. The minimum absolute atomic E-state index is 0.204. The molecule has 29 heavy (non-hydrogen) atoms. The van der Waals surface area contributed by atoms with Gasteiger partial charge in [-0.2, -0.15) is 0 Å². The summed E-state index contributed by atoms with van der Waals surface area (Å²) in [4.78, 5) is 27.3. The van der Waals surface area contributed by atoms with E-state index in [0.29, 0.717) is 19.3 Å². The van der Waals surface area contributed by atoms with Gasteiger partial charge in [0.05, 0.1) is 17.6 Å². The van der Waals surface area contributed by atoms with E-state index < -0.39 is 17.6 Å². The molecule has 0 saturated carbocycles. The van der Waals surface area contributed by atoms with Gasteiger partial charge in [0.2, 0.25) is 5.91 Å². The van der Waals surface area contributed by atoms with Crippen LogP contribution >= 0.6 is 0 Å². The molecule has 2 rings (SSSR count). The number of nitrogens with zero attached hydrogens (tertiary/aromatic N) is 1. The van der Waals surface area contributed by atoms with Gasteiger partial charge in [0.1, 0.15) is 6.61 Å². The molecule has 1 fully saturated rings. The second kappa shape index (κ2) is 11.3. The largest absolute Gasteiger partial charge is 0.447 e. The van der Waals surface area contributed by atoms with Crippen molar-refractivity contribution in [3.8, 4) is 0 Å². The third-order valence-corrected chi connectivity index (χ3v) is 6.10. The van der Waals surface area contributed by atoms with Crippen LogP contribution in [-0.4, -0.2) is 40.8 Å². The predicted octanol–water partition coefficient (Wildman–Crippen LogP) is 5.10. The minimum Gasteiger partial charge on any atom is -0.447 e. The molecule has 1 heterocycles. The first-order valence-electron chi connectivity index (χ1n) is 11.2. The summed E-state index contributed by atoms with van der Waals surface area (Å²) in [5.74, 6) is -0.294. The van der Waals surface area contributed by atoms with Crippen LogP contribution in [0.1, 0.15) is 77.7 Å². The van der Waals surface area contributed by atoms with E-state index in [0.717, 1.165) is 44.1 Å². The van der Waals surface area contributed by atoms with Crippen molar-refractivity contribution in [1.29, 1.82) is 0 Å². The number of rotatable bonds is 12. The number of ether oxygens (including phenoxy) is 1. The summed E-state index contributed by atoms with van der Waals surface area (Å²) in [5, 5.41) is 11.0. The number of hydrogen-bond acceptors (Lipinski definition) is 4. The van der Waals surface area contributed by atoms with E-state index in [1.807, 2.05) is 37.3 Å². The summed E-state index contributed by atoms with van der Waals surface area (Å²) in [6, 6.07) is 9.49. The average Bonchev–Trinajstić information content (AvgIpc) is 3.09. The highest BCUT2D eigenvalue weighted by molar-refractivity contribution is 5.97. The Hall–Kier alpha value is -1.88. The van der Waals surface area contributed by atoms with Crippen molar-refractivity contribution in [3.05, 3.63) is 35.9 Å². The van der Waals surface area contributed by atoms with Crippen LogP contribution in [0.25, 0.3) is 0 Å². The molecule has 1 aliphatic rings. The summed E-state index contributed by atoms with van der Waals surface area (Å²) in [6.45, 7) is 6.24.